The van der Waals surface area contributed by atoms with Gasteiger partial charge in [-0.05, 0) is 18.9 Å². The Balaban J connectivity index is 2.18. The first-order valence-corrected chi connectivity index (χ1v) is 4.49. The van der Waals surface area contributed by atoms with Crippen LogP contribution in [0.2, 0.25) is 0 Å². The average Bonchev–Trinajstić information content (AvgIpc) is 2.43. The first-order valence-electron chi connectivity index (χ1n) is 4.49. The van der Waals surface area contributed by atoms with E-state index < -0.39 is 0 Å². The summed E-state index contributed by atoms with van der Waals surface area (Å²) in [6.45, 7) is 2.16. The molecule has 2 rings (SSSR count). The van der Waals surface area contributed by atoms with Crippen LogP contribution in [0.15, 0.2) is 23.4 Å². The molecule has 0 aromatic carbocycles. The zero-order valence-corrected chi connectivity index (χ0v) is 7.26. The van der Waals surface area contributed by atoms with Gasteiger partial charge in [0.05, 0.1) is 0 Å². The van der Waals surface area contributed by atoms with Gasteiger partial charge in [-0.2, -0.15) is 0 Å². The summed E-state index contributed by atoms with van der Waals surface area (Å²) < 4.78 is 0. The SMILES string of the molecule is CCC1=CC=C2NC(=O)CC2C1. The summed E-state index contributed by atoms with van der Waals surface area (Å²) in [4.78, 5) is 11.0. The second-order valence-electron chi connectivity index (χ2n) is 3.45. The molecule has 0 aromatic rings. The van der Waals surface area contributed by atoms with Gasteiger partial charge in [-0.3, -0.25) is 4.79 Å². The van der Waals surface area contributed by atoms with E-state index in [-0.39, 0.29) is 5.91 Å². The highest BCUT2D eigenvalue weighted by atomic mass is 16.1. The van der Waals surface area contributed by atoms with Crippen molar-refractivity contribution in [1.82, 2.24) is 5.32 Å². The Morgan fingerprint density at radius 1 is 1.50 bits per heavy atom. The van der Waals surface area contributed by atoms with E-state index in [2.05, 4.69) is 24.4 Å². The zero-order valence-electron chi connectivity index (χ0n) is 7.26. The fourth-order valence-corrected chi connectivity index (χ4v) is 1.86. The van der Waals surface area contributed by atoms with Gasteiger partial charge in [-0.15, -0.1) is 0 Å². The molecule has 1 N–H and O–H groups in total. The maximum atomic E-state index is 11.0. The van der Waals surface area contributed by atoms with E-state index in [1.165, 1.54) is 5.57 Å². The molecule has 1 fully saturated rings. The van der Waals surface area contributed by atoms with Crippen molar-refractivity contribution in [3.05, 3.63) is 23.4 Å². The summed E-state index contributed by atoms with van der Waals surface area (Å²) in [7, 11) is 0. The normalized spacial score (nSPS) is 27.4. The van der Waals surface area contributed by atoms with E-state index in [9.17, 15) is 4.79 Å². The second kappa shape index (κ2) is 2.77. The fourth-order valence-electron chi connectivity index (χ4n) is 1.86. The van der Waals surface area contributed by atoms with Crippen LogP contribution in [0.4, 0.5) is 0 Å². The molecule has 2 heteroatoms. The Morgan fingerprint density at radius 2 is 2.33 bits per heavy atom. The highest BCUT2D eigenvalue weighted by molar-refractivity contribution is 5.82. The molecule has 64 valence electrons. The molecule has 0 bridgehead atoms. The maximum Gasteiger partial charge on any atom is 0.224 e. The van der Waals surface area contributed by atoms with E-state index in [4.69, 9.17) is 0 Å². The van der Waals surface area contributed by atoms with Gasteiger partial charge in [0, 0.05) is 18.0 Å². The molecule has 0 radical (unpaired) electrons. The molecule has 1 heterocycles. The lowest BCUT2D eigenvalue weighted by molar-refractivity contribution is -0.119. The third-order valence-corrected chi connectivity index (χ3v) is 2.62. The van der Waals surface area contributed by atoms with Gasteiger partial charge in [0.1, 0.15) is 0 Å². The molecule has 1 atom stereocenters. The Kier molecular flexibility index (Phi) is 1.75. The highest BCUT2D eigenvalue weighted by Crippen LogP contribution is 2.31. The van der Waals surface area contributed by atoms with Gasteiger partial charge in [0.25, 0.3) is 0 Å². The highest BCUT2D eigenvalue weighted by Gasteiger charge is 2.28. The molecule has 1 aliphatic heterocycles. The number of fused-ring (bicyclic) bond motifs is 1. The molecule has 2 aliphatic rings. The Hall–Kier alpha value is -1.05. The minimum absolute atomic E-state index is 0.178. The Labute approximate surface area is 72.3 Å². The molecule has 0 aromatic heterocycles. The summed E-state index contributed by atoms with van der Waals surface area (Å²) in [5.41, 5.74) is 2.58. The topological polar surface area (TPSA) is 29.1 Å². The standard InChI is InChI=1S/C10H13NO/c1-2-7-3-4-9-8(5-7)6-10(12)11-9/h3-4,8H,2,5-6H2,1H3,(H,11,12). The van der Waals surface area contributed by atoms with Gasteiger partial charge in [-0.25, -0.2) is 0 Å². The average molecular weight is 163 g/mol. The summed E-state index contributed by atoms with van der Waals surface area (Å²) >= 11 is 0. The van der Waals surface area contributed by atoms with E-state index in [1.807, 2.05) is 0 Å². The molecule has 1 unspecified atom stereocenters. The van der Waals surface area contributed by atoms with Gasteiger partial charge in [0.15, 0.2) is 0 Å². The number of nitrogens with one attached hydrogen (secondary N) is 1. The molecule has 0 saturated carbocycles. The number of amides is 1. The van der Waals surface area contributed by atoms with E-state index in [0.717, 1.165) is 18.5 Å². The lowest BCUT2D eigenvalue weighted by Gasteiger charge is -2.16. The number of carbonyl (C=O) groups is 1. The van der Waals surface area contributed by atoms with Crippen molar-refractivity contribution >= 4 is 5.91 Å². The Bertz CT molecular complexity index is 276. The van der Waals surface area contributed by atoms with Crippen molar-refractivity contribution in [3.63, 3.8) is 0 Å². The number of allylic oxidation sites excluding steroid dienone is 4. The summed E-state index contributed by atoms with van der Waals surface area (Å²) in [5.74, 6) is 0.634. The predicted molar refractivity (Wildman–Crippen MR) is 47.3 cm³/mol. The van der Waals surface area contributed by atoms with Gasteiger partial charge in [0.2, 0.25) is 5.91 Å². The molecule has 12 heavy (non-hydrogen) atoms. The van der Waals surface area contributed by atoms with Crippen molar-refractivity contribution in [2.24, 2.45) is 5.92 Å². The Morgan fingerprint density at radius 3 is 3.08 bits per heavy atom. The predicted octanol–water partition coefficient (Wildman–Crippen LogP) is 1.75. The fraction of sp³-hybridized carbons (Fsp3) is 0.500. The lowest BCUT2D eigenvalue weighted by Crippen LogP contribution is -2.13. The first-order chi connectivity index (χ1) is 5.79. The van der Waals surface area contributed by atoms with Gasteiger partial charge < -0.3 is 5.32 Å². The largest absolute Gasteiger partial charge is 0.329 e. The third kappa shape index (κ3) is 1.17. The quantitative estimate of drug-likeness (QED) is 0.627. The number of rotatable bonds is 1. The van der Waals surface area contributed by atoms with Crippen molar-refractivity contribution in [2.45, 2.75) is 26.2 Å². The van der Waals surface area contributed by atoms with Crippen LogP contribution in [0.3, 0.4) is 0 Å². The van der Waals surface area contributed by atoms with Crippen LogP contribution in [-0.2, 0) is 4.79 Å². The van der Waals surface area contributed by atoms with Crippen LogP contribution in [0.5, 0.6) is 0 Å². The van der Waals surface area contributed by atoms with Crippen molar-refractivity contribution < 1.29 is 4.79 Å². The first kappa shape index (κ1) is 7.59. The summed E-state index contributed by atoms with van der Waals surface area (Å²) in [6, 6.07) is 0. The monoisotopic (exact) mass is 163 g/mol. The lowest BCUT2D eigenvalue weighted by atomic mass is 9.90. The third-order valence-electron chi connectivity index (χ3n) is 2.62. The van der Waals surface area contributed by atoms with Gasteiger partial charge >= 0.3 is 0 Å². The van der Waals surface area contributed by atoms with Crippen LogP contribution in [0.25, 0.3) is 0 Å². The molecule has 2 nitrogen and oxygen atoms in total. The molecular formula is C10H13NO. The number of hydrogen-bond donors (Lipinski definition) is 1. The second-order valence-corrected chi connectivity index (χ2v) is 3.45. The van der Waals surface area contributed by atoms with E-state index in [1.54, 1.807) is 0 Å². The smallest absolute Gasteiger partial charge is 0.224 e. The minimum Gasteiger partial charge on any atom is -0.329 e. The summed E-state index contributed by atoms with van der Waals surface area (Å²) in [6.07, 6.45) is 7.05. The molecule has 0 spiro atoms. The minimum atomic E-state index is 0.178. The van der Waals surface area contributed by atoms with Crippen LogP contribution < -0.4 is 5.32 Å². The number of hydrogen-bond acceptors (Lipinski definition) is 1. The van der Waals surface area contributed by atoms with Crippen LogP contribution in [0, 0.1) is 5.92 Å². The summed E-state index contributed by atoms with van der Waals surface area (Å²) in [5, 5.41) is 2.88. The van der Waals surface area contributed by atoms with E-state index >= 15 is 0 Å². The van der Waals surface area contributed by atoms with Gasteiger partial charge in [-0.1, -0.05) is 18.6 Å². The van der Waals surface area contributed by atoms with Crippen LogP contribution in [-0.4, -0.2) is 5.91 Å². The molecular weight excluding hydrogens is 150 g/mol. The van der Waals surface area contributed by atoms with Crippen molar-refractivity contribution in [2.75, 3.05) is 0 Å². The van der Waals surface area contributed by atoms with Crippen molar-refractivity contribution in [3.8, 4) is 0 Å². The van der Waals surface area contributed by atoms with Crippen molar-refractivity contribution in [1.29, 1.82) is 0 Å². The van der Waals surface area contributed by atoms with E-state index in [0.29, 0.717) is 12.3 Å². The number of carbonyl (C=O) groups excluding carboxylic acids is 1. The maximum absolute atomic E-state index is 11.0. The van der Waals surface area contributed by atoms with Crippen LogP contribution >= 0.6 is 0 Å². The molecule has 1 aliphatic carbocycles. The molecule has 1 amide bonds. The zero-order chi connectivity index (χ0) is 8.55. The molecule has 1 saturated heterocycles. The van der Waals surface area contributed by atoms with Crippen LogP contribution in [0.1, 0.15) is 26.2 Å².